The van der Waals surface area contributed by atoms with Gasteiger partial charge >= 0.3 is 0 Å². The van der Waals surface area contributed by atoms with Gasteiger partial charge in [0.1, 0.15) is 0 Å². The minimum absolute atomic E-state index is 0.223. The van der Waals surface area contributed by atoms with Crippen molar-refractivity contribution in [2.75, 3.05) is 13.1 Å². The van der Waals surface area contributed by atoms with E-state index >= 15 is 0 Å². The van der Waals surface area contributed by atoms with E-state index < -0.39 is 16.6 Å². The van der Waals surface area contributed by atoms with Crippen molar-refractivity contribution in [3.8, 4) is 0 Å². The van der Waals surface area contributed by atoms with Crippen LogP contribution >= 0.6 is 0 Å². The van der Waals surface area contributed by atoms with Gasteiger partial charge in [0.15, 0.2) is 16.6 Å². The third-order valence-electron chi connectivity index (χ3n) is 14.1. The third-order valence-corrected chi connectivity index (χ3v) is 23.2. The molecule has 0 amide bonds. The largest absolute Gasteiger partial charge is 0.414 e. The summed E-state index contributed by atoms with van der Waals surface area (Å²) in [5, 5.41) is 0.446. The monoisotopic (exact) mass is 658 g/mol. The Labute approximate surface area is 283 Å². The predicted octanol–water partition coefficient (Wildman–Crippen LogP) is 11.9. The molecule has 2 unspecified atom stereocenters. The molecule has 0 spiro atoms. The molecule has 4 fully saturated rings. The molecule has 1 aliphatic heterocycles. The Morgan fingerprint density at radius 3 is 2.02 bits per heavy atom. The third kappa shape index (κ3) is 8.88. The lowest BCUT2D eigenvalue weighted by Gasteiger charge is -2.45. The molecule has 1 heterocycles. The van der Waals surface area contributed by atoms with Crippen LogP contribution in [-0.4, -0.2) is 52.9 Å². The first-order chi connectivity index (χ1) is 20.7. The van der Waals surface area contributed by atoms with Gasteiger partial charge in [0.25, 0.3) is 0 Å². The average Bonchev–Trinajstić information content (AvgIpc) is 3.27. The van der Waals surface area contributed by atoms with Crippen LogP contribution in [0.1, 0.15) is 139 Å². The number of fused-ring (bicyclic) bond motifs is 1. The van der Waals surface area contributed by atoms with Crippen LogP contribution in [0.3, 0.4) is 0 Å². The van der Waals surface area contributed by atoms with Crippen LogP contribution in [-0.2, 0) is 8.85 Å². The highest BCUT2D eigenvalue weighted by Crippen LogP contribution is 2.60. The van der Waals surface area contributed by atoms with Gasteiger partial charge in [0, 0.05) is 6.04 Å². The fourth-order valence-corrected chi connectivity index (χ4v) is 11.9. The smallest absolute Gasteiger partial charge is 0.192 e. The van der Waals surface area contributed by atoms with Crippen LogP contribution in [0.15, 0.2) is 23.3 Å². The molecule has 3 aliphatic carbocycles. The van der Waals surface area contributed by atoms with Crippen LogP contribution in [0.2, 0.25) is 36.3 Å². The van der Waals surface area contributed by atoms with Crippen molar-refractivity contribution < 1.29 is 8.85 Å². The van der Waals surface area contributed by atoms with Gasteiger partial charge in [-0.05, 0) is 150 Å². The fourth-order valence-electron chi connectivity index (χ4n) is 9.13. The predicted molar refractivity (Wildman–Crippen MR) is 201 cm³/mol. The standard InChI is InChI=1S/C40H75NO2Si2/c1-30(23-26-41-25-15-14-17-31(41)2)36-21-22-37-33(18-16-24-40(36,37)9)20-19-32-27-34(42-44(10,11)38(3,4)5)29-35(28-32)43-45(12,13)39(6,7)8/h19-20,30-31,34-37H,14-18,21-29H2,1-13H3/b32-19?,33-20+/t30-,31+,34?,35?,36-,37+,40-/m1/s1. The molecular formula is C40H75NO2Si2. The van der Waals surface area contributed by atoms with Gasteiger partial charge in [-0.1, -0.05) is 85.1 Å². The molecule has 0 radical (unpaired) electrons. The zero-order valence-corrected chi connectivity index (χ0v) is 34.3. The lowest BCUT2D eigenvalue weighted by molar-refractivity contribution is 0.0724. The number of hydrogen-bond donors (Lipinski definition) is 0. The van der Waals surface area contributed by atoms with Crippen LogP contribution in [0, 0.1) is 23.2 Å². The van der Waals surface area contributed by atoms with Crippen LogP contribution in [0.5, 0.6) is 0 Å². The molecule has 0 aromatic carbocycles. The molecule has 3 nitrogen and oxygen atoms in total. The molecule has 5 heteroatoms. The number of nitrogens with zero attached hydrogens (tertiary/aromatic N) is 1. The minimum Gasteiger partial charge on any atom is -0.414 e. The van der Waals surface area contributed by atoms with Gasteiger partial charge in [-0.2, -0.15) is 0 Å². The van der Waals surface area contributed by atoms with Crippen molar-refractivity contribution in [3.05, 3.63) is 23.3 Å². The van der Waals surface area contributed by atoms with Gasteiger partial charge in [-0.15, -0.1) is 0 Å². The number of piperidine rings is 1. The summed E-state index contributed by atoms with van der Waals surface area (Å²) in [6, 6.07) is 0.786. The molecule has 0 bridgehead atoms. The highest BCUT2D eigenvalue weighted by atomic mass is 28.4. The first kappa shape index (κ1) is 37.6. The first-order valence-corrected chi connectivity index (χ1v) is 25.0. The summed E-state index contributed by atoms with van der Waals surface area (Å²) in [4.78, 5) is 2.79. The summed E-state index contributed by atoms with van der Waals surface area (Å²) in [5.41, 5.74) is 3.79. The SMILES string of the molecule is C[C@H](CCN1CCCC[C@@H]1C)[C@H]1CC[C@H]2/C(=C/C=C3CC(O[Si](C)(C)C(C)(C)C)CC(O[Si](C)(C)C(C)(C)C)C3)CCC[C@]12C. The normalized spacial score (nSPS) is 34.2. The van der Waals surface area contributed by atoms with Crippen LogP contribution in [0.4, 0.5) is 0 Å². The second-order valence-electron chi connectivity index (χ2n) is 19.5. The van der Waals surface area contributed by atoms with E-state index in [9.17, 15) is 0 Å². The molecule has 45 heavy (non-hydrogen) atoms. The van der Waals surface area contributed by atoms with E-state index in [1.807, 2.05) is 0 Å². The molecule has 4 rings (SSSR count). The lowest BCUT2D eigenvalue weighted by atomic mass is 9.61. The second-order valence-corrected chi connectivity index (χ2v) is 29.0. The van der Waals surface area contributed by atoms with Gasteiger partial charge in [-0.3, -0.25) is 0 Å². The summed E-state index contributed by atoms with van der Waals surface area (Å²) < 4.78 is 14.2. The molecule has 260 valence electrons. The van der Waals surface area contributed by atoms with E-state index in [2.05, 4.69) is 106 Å². The summed E-state index contributed by atoms with van der Waals surface area (Å²) in [5.74, 6) is 2.47. The van der Waals surface area contributed by atoms with E-state index in [-0.39, 0.29) is 22.3 Å². The molecule has 4 aliphatic rings. The van der Waals surface area contributed by atoms with Crippen LogP contribution < -0.4 is 0 Å². The van der Waals surface area contributed by atoms with Crippen LogP contribution in [0.25, 0.3) is 0 Å². The Morgan fingerprint density at radius 1 is 0.867 bits per heavy atom. The van der Waals surface area contributed by atoms with Gasteiger partial charge in [-0.25, -0.2) is 0 Å². The molecule has 3 saturated carbocycles. The quantitative estimate of drug-likeness (QED) is 0.230. The van der Waals surface area contributed by atoms with Gasteiger partial charge in [0.2, 0.25) is 0 Å². The topological polar surface area (TPSA) is 21.7 Å². The molecule has 0 aromatic rings. The molecule has 7 atom stereocenters. The number of likely N-dealkylation sites (tertiary alicyclic amines) is 1. The maximum atomic E-state index is 7.10. The summed E-state index contributed by atoms with van der Waals surface area (Å²) >= 11 is 0. The van der Waals surface area contributed by atoms with Gasteiger partial charge in [0.05, 0.1) is 12.2 Å². The second kappa shape index (κ2) is 14.3. The zero-order valence-electron chi connectivity index (χ0n) is 32.3. The zero-order chi connectivity index (χ0) is 33.4. The van der Waals surface area contributed by atoms with Gasteiger partial charge < -0.3 is 13.8 Å². The summed E-state index contributed by atoms with van der Waals surface area (Å²) in [6.07, 6.45) is 21.4. The number of hydrogen-bond acceptors (Lipinski definition) is 3. The fraction of sp³-hybridized carbons (Fsp3) is 0.900. The van der Waals surface area contributed by atoms with Crippen molar-refractivity contribution in [1.29, 1.82) is 0 Å². The molecule has 0 aromatic heterocycles. The highest BCUT2D eigenvalue weighted by Gasteiger charge is 2.50. The lowest BCUT2D eigenvalue weighted by Crippen LogP contribution is -2.48. The van der Waals surface area contributed by atoms with E-state index in [4.69, 9.17) is 8.85 Å². The number of rotatable bonds is 9. The van der Waals surface area contributed by atoms with Crippen molar-refractivity contribution in [2.24, 2.45) is 23.2 Å². The maximum Gasteiger partial charge on any atom is 0.192 e. The summed E-state index contributed by atoms with van der Waals surface area (Å²) in [7, 11) is -3.72. The van der Waals surface area contributed by atoms with Crippen molar-refractivity contribution in [2.45, 2.75) is 194 Å². The van der Waals surface area contributed by atoms with E-state index in [0.717, 1.165) is 43.1 Å². The van der Waals surface area contributed by atoms with E-state index in [1.165, 1.54) is 70.9 Å². The Morgan fingerprint density at radius 2 is 1.47 bits per heavy atom. The average molecular weight is 658 g/mol. The van der Waals surface area contributed by atoms with E-state index in [1.54, 1.807) is 11.1 Å². The van der Waals surface area contributed by atoms with E-state index in [0.29, 0.717) is 5.41 Å². The van der Waals surface area contributed by atoms with Crippen molar-refractivity contribution >= 4 is 16.6 Å². The Hall–Kier alpha value is -0.206. The summed E-state index contributed by atoms with van der Waals surface area (Å²) in [6.45, 7) is 34.3. The molecular weight excluding hydrogens is 583 g/mol. The number of allylic oxidation sites excluding steroid dienone is 3. The highest BCUT2D eigenvalue weighted by molar-refractivity contribution is 6.74. The molecule has 0 N–H and O–H groups in total. The first-order valence-electron chi connectivity index (χ1n) is 19.2. The van der Waals surface area contributed by atoms with Crippen molar-refractivity contribution in [1.82, 2.24) is 4.90 Å². The Bertz CT molecular complexity index is 1010. The Kier molecular flexibility index (Phi) is 12.0. The maximum absolute atomic E-state index is 7.10. The minimum atomic E-state index is -1.86. The molecule has 1 saturated heterocycles. The Balaban J connectivity index is 1.49. The van der Waals surface area contributed by atoms with Crippen molar-refractivity contribution in [3.63, 3.8) is 0 Å².